The van der Waals surface area contributed by atoms with Gasteiger partial charge in [0.15, 0.2) is 0 Å². The topological polar surface area (TPSA) is 0 Å². The number of halogens is 1. The third kappa shape index (κ3) is 2.26. The lowest BCUT2D eigenvalue weighted by Crippen LogP contribution is -2.13. The van der Waals surface area contributed by atoms with Crippen LogP contribution in [-0.4, -0.2) is 0 Å². The predicted octanol–water partition coefficient (Wildman–Crippen LogP) is 4.90. The zero-order valence-corrected chi connectivity index (χ0v) is 11.0. The van der Waals surface area contributed by atoms with E-state index in [9.17, 15) is 0 Å². The smallest absolute Gasteiger partial charge is 0.0478 e. The summed E-state index contributed by atoms with van der Waals surface area (Å²) >= 11 is 6.39. The third-order valence-electron chi connectivity index (χ3n) is 2.77. The highest BCUT2D eigenvalue weighted by atomic mass is 35.5. The molecular formula is C14H19Cl. The van der Waals surface area contributed by atoms with Gasteiger partial charge in [-0.25, -0.2) is 0 Å². The molecule has 0 heterocycles. The molecule has 1 aromatic rings. The molecule has 0 N–H and O–H groups in total. The SMILES string of the molecule is C=Cc1c(C)cc(C(C)(C)C)c(Cl)c1C. The van der Waals surface area contributed by atoms with Crippen molar-refractivity contribution < 1.29 is 0 Å². The van der Waals surface area contributed by atoms with Crippen molar-refractivity contribution in [3.05, 3.63) is 39.9 Å². The Bertz CT molecular complexity index is 395. The first-order chi connectivity index (χ1) is 6.79. The van der Waals surface area contributed by atoms with Crippen LogP contribution in [0.5, 0.6) is 0 Å². The maximum atomic E-state index is 6.39. The van der Waals surface area contributed by atoms with Crippen LogP contribution in [0.15, 0.2) is 12.6 Å². The normalized spacial score (nSPS) is 11.6. The first-order valence-corrected chi connectivity index (χ1v) is 5.59. The van der Waals surface area contributed by atoms with Gasteiger partial charge in [0.2, 0.25) is 0 Å². The summed E-state index contributed by atoms with van der Waals surface area (Å²) in [5.41, 5.74) is 4.85. The van der Waals surface area contributed by atoms with E-state index in [4.69, 9.17) is 11.6 Å². The van der Waals surface area contributed by atoms with E-state index in [2.05, 4.69) is 47.3 Å². The van der Waals surface area contributed by atoms with Crippen LogP contribution >= 0.6 is 11.6 Å². The maximum absolute atomic E-state index is 6.39. The first-order valence-electron chi connectivity index (χ1n) is 5.21. The quantitative estimate of drug-likeness (QED) is 0.634. The van der Waals surface area contributed by atoms with E-state index >= 15 is 0 Å². The Labute approximate surface area is 98.0 Å². The number of rotatable bonds is 1. The Hall–Kier alpha value is -0.750. The molecule has 0 spiro atoms. The second-order valence-corrected chi connectivity index (χ2v) is 5.43. The molecule has 1 rings (SSSR count). The fraction of sp³-hybridized carbons (Fsp3) is 0.429. The van der Waals surface area contributed by atoms with E-state index < -0.39 is 0 Å². The van der Waals surface area contributed by atoms with E-state index in [1.54, 1.807) is 0 Å². The molecule has 0 amide bonds. The van der Waals surface area contributed by atoms with Gasteiger partial charge >= 0.3 is 0 Å². The molecule has 0 saturated heterocycles. The molecule has 0 unspecified atom stereocenters. The average molecular weight is 223 g/mol. The van der Waals surface area contributed by atoms with Gasteiger partial charge in [0.05, 0.1) is 0 Å². The van der Waals surface area contributed by atoms with Gasteiger partial charge in [-0.1, -0.05) is 51.1 Å². The molecule has 0 bridgehead atoms. The molecule has 0 aliphatic rings. The highest BCUT2D eigenvalue weighted by Gasteiger charge is 2.20. The number of hydrogen-bond acceptors (Lipinski definition) is 0. The van der Waals surface area contributed by atoms with Gasteiger partial charge in [-0.3, -0.25) is 0 Å². The largest absolute Gasteiger partial charge is 0.0984 e. The van der Waals surface area contributed by atoms with Crippen LogP contribution in [0.3, 0.4) is 0 Å². The van der Waals surface area contributed by atoms with Gasteiger partial charge in [0.1, 0.15) is 0 Å². The van der Waals surface area contributed by atoms with Crippen LogP contribution in [0.1, 0.15) is 43.0 Å². The Balaban J connectivity index is 3.55. The Kier molecular flexibility index (Phi) is 3.30. The zero-order valence-electron chi connectivity index (χ0n) is 10.2. The van der Waals surface area contributed by atoms with Gasteiger partial charge in [-0.2, -0.15) is 0 Å². The van der Waals surface area contributed by atoms with Crippen LogP contribution in [0, 0.1) is 13.8 Å². The Morgan fingerprint density at radius 3 is 2.20 bits per heavy atom. The van der Waals surface area contributed by atoms with E-state index in [0.717, 1.165) is 16.1 Å². The average Bonchev–Trinajstić information content (AvgIpc) is 2.10. The van der Waals surface area contributed by atoms with Crippen molar-refractivity contribution in [1.29, 1.82) is 0 Å². The van der Waals surface area contributed by atoms with Gasteiger partial charge < -0.3 is 0 Å². The molecule has 1 aromatic carbocycles. The monoisotopic (exact) mass is 222 g/mol. The van der Waals surface area contributed by atoms with Crippen LogP contribution < -0.4 is 0 Å². The summed E-state index contributed by atoms with van der Waals surface area (Å²) < 4.78 is 0. The molecule has 15 heavy (non-hydrogen) atoms. The fourth-order valence-corrected chi connectivity index (χ4v) is 2.27. The fourth-order valence-electron chi connectivity index (χ4n) is 1.83. The van der Waals surface area contributed by atoms with Crippen molar-refractivity contribution in [2.24, 2.45) is 0 Å². The van der Waals surface area contributed by atoms with Crippen molar-refractivity contribution >= 4 is 17.7 Å². The summed E-state index contributed by atoms with van der Waals surface area (Å²) in [6, 6.07) is 2.17. The van der Waals surface area contributed by atoms with Gasteiger partial charge in [-0.05, 0) is 41.5 Å². The molecule has 0 nitrogen and oxygen atoms in total. The van der Waals surface area contributed by atoms with E-state index in [1.165, 1.54) is 11.1 Å². The highest BCUT2D eigenvalue weighted by molar-refractivity contribution is 6.32. The number of hydrogen-bond donors (Lipinski definition) is 0. The molecule has 0 aromatic heterocycles. The summed E-state index contributed by atoms with van der Waals surface area (Å²) in [5, 5.41) is 0.878. The minimum Gasteiger partial charge on any atom is -0.0984 e. The highest BCUT2D eigenvalue weighted by Crippen LogP contribution is 2.35. The summed E-state index contributed by atoms with van der Waals surface area (Å²) in [4.78, 5) is 0. The third-order valence-corrected chi connectivity index (χ3v) is 3.25. The standard InChI is InChI=1S/C14H19Cl/c1-7-11-9(2)8-12(14(4,5)6)13(15)10(11)3/h7-8H,1H2,2-6H3. The van der Waals surface area contributed by atoms with E-state index in [0.29, 0.717) is 0 Å². The number of benzene rings is 1. The summed E-state index contributed by atoms with van der Waals surface area (Å²) in [6.45, 7) is 14.5. The lowest BCUT2D eigenvalue weighted by atomic mass is 9.83. The molecule has 0 fully saturated rings. The van der Waals surface area contributed by atoms with Crippen molar-refractivity contribution in [3.63, 3.8) is 0 Å². The van der Waals surface area contributed by atoms with Crippen molar-refractivity contribution in [3.8, 4) is 0 Å². The molecule has 0 aliphatic heterocycles. The van der Waals surface area contributed by atoms with E-state index in [-0.39, 0.29) is 5.41 Å². The van der Waals surface area contributed by atoms with Crippen LogP contribution in [0.2, 0.25) is 5.02 Å². The minimum absolute atomic E-state index is 0.0896. The van der Waals surface area contributed by atoms with Crippen LogP contribution in [-0.2, 0) is 5.41 Å². The lowest BCUT2D eigenvalue weighted by molar-refractivity contribution is 0.589. The van der Waals surface area contributed by atoms with Crippen LogP contribution in [0.25, 0.3) is 6.08 Å². The van der Waals surface area contributed by atoms with Crippen molar-refractivity contribution in [2.75, 3.05) is 0 Å². The summed E-state index contributed by atoms with van der Waals surface area (Å²) in [7, 11) is 0. The molecule has 1 heteroatoms. The second-order valence-electron chi connectivity index (χ2n) is 5.05. The number of aryl methyl sites for hydroxylation is 1. The zero-order chi connectivity index (χ0) is 11.8. The molecule has 0 atom stereocenters. The van der Waals surface area contributed by atoms with E-state index in [1.807, 2.05) is 6.08 Å². The molecule has 0 saturated carbocycles. The molecular weight excluding hydrogens is 204 g/mol. The first kappa shape index (κ1) is 12.3. The Morgan fingerprint density at radius 1 is 1.27 bits per heavy atom. The second kappa shape index (κ2) is 4.02. The molecule has 82 valence electrons. The molecule has 0 aliphatic carbocycles. The Morgan fingerprint density at radius 2 is 1.80 bits per heavy atom. The maximum Gasteiger partial charge on any atom is 0.0478 e. The molecule has 0 radical (unpaired) electrons. The van der Waals surface area contributed by atoms with Gasteiger partial charge in [0, 0.05) is 5.02 Å². The van der Waals surface area contributed by atoms with Gasteiger partial charge in [0.25, 0.3) is 0 Å². The van der Waals surface area contributed by atoms with Crippen molar-refractivity contribution in [2.45, 2.75) is 40.0 Å². The summed E-state index contributed by atoms with van der Waals surface area (Å²) in [6.07, 6.45) is 1.88. The summed E-state index contributed by atoms with van der Waals surface area (Å²) in [5.74, 6) is 0. The minimum atomic E-state index is 0.0896. The predicted molar refractivity (Wildman–Crippen MR) is 69.7 cm³/mol. The van der Waals surface area contributed by atoms with Crippen molar-refractivity contribution in [1.82, 2.24) is 0 Å². The van der Waals surface area contributed by atoms with Gasteiger partial charge in [-0.15, -0.1) is 0 Å². The lowest BCUT2D eigenvalue weighted by Gasteiger charge is -2.23. The van der Waals surface area contributed by atoms with Crippen LogP contribution in [0.4, 0.5) is 0 Å².